The summed E-state index contributed by atoms with van der Waals surface area (Å²) in [4.78, 5) is 1.07. The lowest BCUT2D eigenvalue weighted by atomic mass is 10.2. The van der Waals surface area contributed by atoms with Crippen LogP contribution in [0.2, 0.25) is 5.02 Å². The van der Waals surface area contributed by atoms with Crippen LogP contribution in [0.25, 0.3) is 11.5 Å². The molecule has 0 spiro atoms. The van der Waals surface area contributed by atoms with Crippen LogP contribution in [0.4, 0.5) is 0 Å². The van der Waals surface area contributed by atoms with Crippen LogP contribution >= 0.6 is 23.4 Å². The number of fused-ring (bicyclic) bond motifs is 1. The molecule has 0 amide bonds. The van der Waals surface area contributed by atoms with Crippen LogP contribution in [-0.2, 0) is 5.75 Å². The third kappa shape index (κ3) is 3.91. The molecule has 0 radical (unpaired) electrons. The van der Waals surface area contributed by atoms with E-state index in [1.165, 1.54) is 0 Å². The average Bonchev–Trinajstić information content (AvgIpc) is 2.98. The van der Waals surface area contributed by atoms with Crippen molar-refractivity contribution in [3.05, 3.63) is 53.4 Å². The third-order valence-electron chi connectivity index (χ3n) is 3.64. The standard InChI is InChI=1S/C18H15ClN2O3S/c19-13-4-2-12(3-5-13)18-21-20-17(24-18)11-25-14-6-7-15-16(10-14)23-9-1-8-22-15/h2-7,10H,1,8-9,11H2. The molecule has 0 N–H and O–H groups in total. The Labute approximate surface area is 154 Å². The van der Waals surface area contributed by atoms with Gasteiger partial charge in [0, 0.05) is 21.9 Å². The number of halogens is 1. The number of hydrogen-bond acceptors (Lipinski definition) is 6. The summed E-state index contributed by atoms with van der Waals surface area (Å²) >= 11 is 7.50. The summed E-state index contributed by atoms with van der Waals surface area (Å²) in [5, 5.41) is 8.87. The van der Waals surface area contributed by atoms with Crippen molar-refractivity contribution in [2.24, 2.45) is 0 Å². The van der Waals surface area contributed by atoms with Crippen LogP contribution in [0.1, 0.15) is 12.3 Å². The first-order valence-corrected chi connectivity index (χ1v) is 9.25. The molecule has 0 aliphatic carbocycles. The summed E-state index contributed by atoms with van der Waals surface area (Å²) in [5.74, 6) is 3.23. The Morgan fingerprint density at radius 2 is 1.76 bits per heavy atom. The highest BCUT2D eigenvalue weighted by Gasteiger charge is 2.13. The van der Waals surface area contributed by atoms with E-state index in [1.54, 1.807) is 23.9 Å². The first-order chi connectivity index (χ1) is 12.3. The maximum atomic E-state index is 5.89. The van der Waals surface area contributed by atoms with Crippen molar-refractivity contribution in [3.8, 4) is 23.0 Å². The highest BCUT2D eigenvalue weighted by molar-refractivity contribution is 7.98. The van der Waals surface area contributed by atoms with Gasteiger partial charge in [-0.2, -0.15) is 0 Å². The summed E-state index contributed by atoms with van der Waals surface area (Å²) in [6.07, 6.45) is 0.895. The molecule has 1 aliphatic rings. The van der Waals surface area contributed by atoms with Crippen molar-refractivity contribution in [2.45, 2.75) is 17.1 Å². The van der Waals surface area contributed by atoms with Gasteiger partial charge in [0.2, 0.25) is 11.8 Å². The number of aromatic nitrogens is 2. The molecule has 1 aliphatic heterocycles. The molecule has 1 aromatic heterocycles. The van der Waals surface area contributed by atoms with E-state index in [9.17, 15) is 0 Å². The van der Waals surface area contributed by atoms with Crippen LogP contribution in [0.3, 0.4) is 0 Å². The summed E-state index contributed by atoms with van der Waals surface area (Å²) in [6.45, 7) is 1.37. The van der Waals surface area contributed by atoms with Gasteiger partial charge in [-0.3, -0.25) is 0 Å². The number of thioether (sulfide) groups is 1. The Morgan fingerprint density at radius 1 is 0.960 bits per heavy atom. The number of ether oxygens (including phenoxy) is 2. The molecule has 3 aromatic rings. The van der Waals surface area contributed by atoms with E-state index in [-0.39, 0.29) is 0 Å². The number of rotatable bonds is 4. The SMILES string of the molecule is Clc1ccc(-c2nnc(CSc3ccc4c(c3)OCCCO4)o2)cc1. The van der Waals surface area contributed by atoms with E-state index >= 15 is 0 Å². The minimum atomic E-state index is 0.492. The topological polar surface area (TPSA) is 57.4 Å². The molecule has 0 saturated heterocycles. The van der Waals surface area contributed by atoms with Gasteiger partial charge < -0.3 is 13.9 Å². The predicted octanol–water partition coefficient (Wildman–Crippen LogP) is 4.84. The first-order valence-electron chi connectivity index (χ1n) is 7.89. The molecular weight excluding hydrogens is 360 g/mol. The van der Waals surface area contributed by atoms with Crippen molar-refractivity contribution in [2.75, 3.05) is 13.2 Å². The van der Waals surface area contributed by atoms with E-state index in [0.29, 0.717) is 35.8 Å². The molecule has 0 bridgehead atoms. The van der Waals surface area contributed by atoms with Gasteiger partial charge in [-0.05, 0) is 42.5 Å². The van der Waals surface area contributed by atoms with Gasteiger partial charge >= 0.3 is 0 Å². The summed E-state index contributed by atoms with van der Waals surface area (Å²) in [6, 6.07) is 13.3. The van der Waals surface area contributed by atoms with Crippen LogP contribution in [-0.4, -0.2) is 23.4 Å². The monoisotopic (exact) mass is 374 g/mol. The number of hydrogen-bond donors (Lipinski definition) is 0. The zero-order valence-corrected chi connectivity index (χ0v) is 14.8. The second-order valence-corrected chi connectivity index (χ2v) is 6.94. The molecule has 0 atom stereocenters. The molecule has 0 saturated carbocycles. The fraction of sp³-hybridized carbons (Fsp3) is 0.222. The molecular formula is C18H15ClN2O3S. The van der Waals surface area contributed by atoms with Crippen LogP contribution in [0.5, 0.6) is 11.5 Å². The average molecular weight is 375 g/mol. The van der Waals surface area contributed by atoms with Crippen molar-refractivity contribution in [1.82, 2.24) is 10.2 Å². The van der Waals surface area contributed by atoms with E-state index < -0.39 is 0 Å². The van der Waals surface area contributed by atoms with Crippen LogP contribution in [0.15, 0.2) is 51.8 Å². The smallest absolute Gasteiger partial charge is 0.247 e. The fourth-order valence-corrected chi connectivity index (χ4v) is 3.29. The number of nitrogens with zero attached hydrogens (tertiary/aromatic N) is 2. The quantitative estimate of drug-likeness (QED) is 0.609. The Balaban J connectivity index is 1.43. The second kappa shape index (κ2) is 7.37. The Kier molecular flexibility index (Phi) is 4.81. The second-order valence-electron chi connectivity index (χ2n) is 5.46. The summed E-state index contributed by atoms with van der Waals surface area (Å²) in [5.41, 5.74) is 0.851. The molecule has 5 nitrogen and oxygen atoms in total. The van der Waals surface area contributed by atoms with Crippen molar-refractivity contribution in [3.63, 3.8) is 0 Å². The maximum absolute atomic E-state index is 5.89. The molecule has 0 fully saturated rings. The Morgan fingerprint density at radius 3 is 2.60 bits per heavy atom. The molecule has 0 unspecified atom stereocenters. The molecule has 4 rings (SSSR count). The summed E-state index contributed by atoms with van der Waals surface area (Å²) in [7, 11) is 0. The minimum absolute atomic E-state index is 0.492. The van der Waals surface area contributed by atoms with E-state index in [2.05, 4.69) is 10.2 Å². The normalized spacial score (nSPS) is 13.5. The lowest BCUT2D eigenvalue weighted by Crippen LogP contribution is -1.97. The van der Waals surface area contributed by atoms with Gasteiger partial charge in [0.25, 0.3) is 0 Å². The number of benzene rings is 2. The van der Waals surface area contributed by atoms with Crippen LogP contribution in [0, 0.1) is 0 Å². The molecule has 7 heteroatoms. The highest BCUT2D eigenvalue weighted by atomic mass is 35.5. The van der Waals surface area contributed by atoms with E-state index in [0.717, 1.165) is 28.4 Å². The van der Waals surface area contributed by atoms with Crippen LogP contribution < -0.4 is 9.47 Å². The Bertz CT molecular complexity index is 867. The van der Waals surface area contributed by atoms with E-state index in [1.807, 2.05) is 30.3 Å². The third-order valence-corrected chi connectivity index (χ3v) is 4.87. The van der Waals surface area contributed by atoms with Gasteiger partial charge in [0.05, 0.1) is 19.0 Å². The van der Waals surface area contributed by atoms with Gasteiger partial charge in [-0.1, -0.05) is 11.6 Å². The zero-order valence-electron chi connectivity index (χ0n) is 13.3. The molecule has 25 heavy (non-hydrogen) atoms. The lowest BCUT2D eigenvalue weighted by Gasteiger charge is -2.08. The minimum Gasteiger partial charge on any atom is -0.490 e. The summed E-state index contributed by atoms with van der Waals surface area (Å²) < 4.78 is 17.1. The fourth-order valence-electron chi connectivity index (χ4n) is 2.40. The van der Waals surface area contributed by atoms with Gasteiger partial charge in [-0.15, -0.1) is 22.0 Å². The largest absolute Gasteiger partial charge is 0.490 e. The lowest BCUT2D eigenvalue weighted by molar-refractivity contribution is 0.297. The van der Waals surface area contributed by atoms with Gasteiger partial charge in [0.1, 0.15) is 0 Å². The zero-order chi connectivity index (χ0) is 17.1. The highest BCUT2D eigenvalue weighted by Crippen LogP contribution is 2.35. The van der Waals surface area contributed by atoms with Crippen molar-refractivity contribution >= 4 is 23.4 Å². The first kappa shape index (κ1) is 16.3. The van der Waals surface area contributed by atoms with Crippen molar-refractivity contribution < 1.29 is 13.9 Å². The molecule has 2 aromatic carbocycles. The van der Waals surface area contributed by atoms with Crippen molar-refractivity contribution in [1.29, 1.82) is 0 Å². The molecule has 128 valence electrons. The molecule has 2 heterocycles. The van der Waals surface area contributed by atoms with Gasteiger partial charge in [-0.25, -0.2) is 0 Å². The van der Waals surface area contributed by atoms with Gasteiger partial charge in [0.15, 0.2) is 11.5 Å². The predicted molar refractivity (Wildman–Crippen MR) is 96.4 cm³/mol. The maximum Gasteiger partial charge on any atom is 0.247 e. The van der Waals surface area contributed by atoms with E-state index in [4.69, 9.17) is 25.5 Å². The Hall–Kier alpha value is -2.18.